The molecular weight excluding hydrogens is 475 g/mol. The summed E-state index contributed by atoms with van der Waals surface area (Å²) in [7, 11) is 0. The first-order valence-electron chi connectivity index (χ1n) is 10.4. The molecule has 0 amide bonds. The number of ketones is 2. The molecule has 5 nitrogen and oxygen atoms in total. The number of allylic oxidation sites excluding steroid dienone is 2. The van der Waals surface area contributed by atoms with E-state index in [1.54, 1.807) is 73.7 Å². The molecule has 0 N–H and O–H groups in total. The molecule has 6 heteroatoms. The van der Waals surface area contributed by atoms with Crippen molar-refractivity contribution < 1.29 is 36.6 Å². The monoisotopic (exact) mass is 499 g/mol. The third-order valence-electron chi connectivity index (χ3n) is 4.98. The van der Waals surface area contributed by atoms with E-state index in [-0.39, 0.29) is 24.4 Å². The summed E-state index contributed by atoms with van der Waals surface area (Å²) < 4.78 is 19.8. The Kier molecular flexibility index (Phi) is 8.35. The second kappa shape index (κ2) is 11.4. The van der Waals surface area contributed by atoms with Gasteiger partial charge >= 0.3 is 185 Å². The average Bonchev–Trinajstić information content (AvgIpc) is 2.85. The maximum absolute atomic E-state index is 13.0. The van der Waals surface area contributed by atoms with Crippen molar-refractivity contribution in [3.05, 3.63) is 114 Å². The third kappa shape index (κ3) is 6.40. The molecule has 0 aliphatic heterocycles. The summed E-state index contributed by atoms with van der Waals surface area (Å²) in [5, 5.41) is 0. The topological polar surface area (TPSA) is 77.5 Å². The molecule has 175 valence electrons. The van der Waals surface area contributed by atoms with E-state index in [1.807, 2.05) is 0 Å². The molecule has 0 aliphatic carbocycles. The van der Waals surface area contributed by atoms with Crippen LogP contribution in [0.15, 0.2) is 92.0 Å². The number of aryl methyl sites for hydroxylation is 1. The first-order valence-corrected chi connectivity index (χ1v) is 11.9. The molecule has 0 bridgehead atoms. The van der Waals surface area contributed by atoms with Crippen LogP contribution in [0.25, 0.3) is 0 Å². The van der Waals surface area contributed by atoms with E-state index < -0.39 is 19.6 Å². The van der Waals surface area contributed by atoms with Gasteiger partial charge in [-0.25, -0.2) is 0 Å². The van der Waals surface area contributed by atoms with Crippen LogP contribution in [0.1, 0.15) is 27.0 Å². The molecule has 0 radical (unpaired) electrons. The number of ether oxygens (including phenoxy) is 1. The van der Waals surface area contributed by atoms with E-state index in [0.717, 1.165) is 11.1 Å². The summed E-state index contributed by atoms with van der Waals surface area (Å²) >= 11 is -1.82. The minimum atomic E-state index is -1.82. The number of carbonyl (C=O) groups excluding carboxylic acids is 3. The maximum atomic E-state index is 13.0. The number of rotatable bonds is 10. The van der Waals surface area contributed by atoms with Crippen LogP contribution in [-0.2, 0) is 39.9 Å². The van der Waals surface area contributed by atoms with Crippen molar-refractivity contribution in [1.29, 1.82) is 0 Å². The van der Waals surface area contributed by atoms with Crippen LogP contribution in [0.2, 0.25) is 0 Å². The second-order valence-electron chi connectivity index (χ2n) is 7.49. The van der Waals surface area contributed by atoms with Gasteiger partial charge in [-0.15, -0.1) is 0 Å². The van der Waals surface area contributed by atoms with Crippen molar-refractivity contribution in [2.75, 3.05) is 0 Å². The summed E-state index contributed by atoms with van der Waals surface area (Å²) in [6.45, 7) is 8.70. The van der Waals surface area contributed by atoms with Crippen LogP contribution in [-0.4, -0.2) is 17.5 Å². The standard InChI is InChI=1S/C18H15O3.C10H9O.Co.O/c1-3-16(19)12-14-8-10-15(11-9-14)18(20)21-17-7-5-4-6-13(17)2;1-2-10(11)8-9-6-4-3-5-7-9;;/h3,5-11H,1,12H2,2H3;2,4-7H,1,8H2;;. The van der Waals surface area contributed by atoms with Gasteiger partial charge in [-0.2, -0.15) is 0 Å². The van der Waals surface area contributed by atoms with Gasteiger partial charge in [0, 0.05) is 0 Å². The molecule has 34 heavy (non-hydrogen) atoms. The number of esters is 1. The van der Waals surface area contributed by atoms with Gasteiger partial charge in [0.25, 0.3) is 0 Å². The fourth-order valence-electron chi connectivity index (χ4n) is 3.08. The van der Waals surface area contributed by atoms with E-state index in [9.17, 15) is 18.2 Å². The van der Waals surface area contributed by atoms with Crippen molar-refractivity contribution in [3.63, 3.8) is 0 Å². The van der Waals surface area contributed by atoms with Crippen LogP contribution in [0.4, 0.5) is 0 Å². The Morgan fingerprint density at radius 2 is 1.29 bits per heavy atom. The first kappa shape index (κ1) is 24.9. The van der Waals surface area contributed by atoms with Crippen molar-refractivity contribution in [3.8, 4) is 5.75 Å². The normalized spacial score (nSPS) is 10.8. The van der Waals surface area contributed by atoms with E-state index in [1.165, 1.54) is 12.2 Å². The Bertz CT molecular complexity index is 1270. The SMILES string of the molecule is C=CC(=O)Cc1ccc(C(=O)Oc2cc[c]([Co](=[O])[c]3ccc(CC(=O)C=C)cc3)cc2C)cc1. The van der Waals surface area contributed by atoms with Gasteiger partial charge in [0.15, 0.2) is 0 Å². The molecule has 0 saturated carbocycles. The Balaban J connectivity index is 1.68. The molecule has 3 aromatic rings. The van der Waals surface area contributed by atoms with Crippen LogP contribution in [0.5, 0.6) is 5.75 Å². The van der Waals surface area contributed by atoms with Gasteiger partial charge in [-0.05, 0) is 6.08 Å². The van der Waals surface area contributed by atoms with Crippen LogP contribution < -0.4 is 13.7 Å². The van der Waals surface area contributed by atoms with Gasteiger partial charge in [0.05, 0.1) is 0 Å². The van der Waals surface area contributed by atoms with Gasteiger partial charge in [-0.1, -0.05) is 6.58 Å². The van der Waals surface area contributed by atoms with E-state index >= 15 is 0 Å². The molecule has 0 fully saturated rings. The van der Waals surface area contributed by atoms with Crippen molar-refractivity contribution >= 4 is 26.5 Å². The Morgan fingerprint density at radius 3 is 1.79 bits per heavy atom. The molecule has 0 aliphatic rings. The van der Waals surface area contributed by atoms with Crippen LogP contribution in [0.3, 0.4) is 0 Å². The van der Waals surface area contributed by atoms with Crippen molar-refractivity contribution in [2.24, 2.45) is 0 Å². The zero-order chi connectivity index (χ0) is 24.7. The van der Waals surface area contributed by atoms with Gasteiger partial charge in [0.1, 0.15) is 0 Å². The molecule has 0 saturated heterocycles. The molecule has 3 rings (SSSR count). The van der Waals surface area contributed by atoms with E-state index in [2.05, 4.69) is 13.2 Å². The molecule has 0 heterocycles. The van der Waals surface area contributed by atoms with Crippen molar-refractivity contribution in [1.82, 2.24) is 0 Å². The molecule has 0 spiro atoms. The first-order chi connectivity index (χ1) is 16.3. The third-order valence-corrected chi connectivity index (χ3v) is 6.74. The quantitative estimate of drug-likeness (QED) is 0.242. The van der Waals surface area contributed by atoms with Crippen molar-refractivity contribution in [2.45, 2.75) is 19.8 Å². The molecule has 0 unspecified atom stereocenters. The predicted molar refractivity (Wildman–Crippen MR) is 127 cm³/mol. The van der Waals surface area contributed by atoms with Crippen LogP contribution >= 0.6 is 0 Å². The number of carbonyl (C=O) groups is 3. The van der Waals surface area contributed by atoms with E-state index in [0.29, 0.717) is 25.9 Å². The fourth-order valence-corrected chi connectivity index (χ4v) is 4.52. The summed E-state index contributed by atoms with van der Waals surface area (Å²) in [4.78, 5) is 35.5. The predicted octanol–water partition coefficient (Wildman–Crippen LogP) is 3.72. The van der Waals surface area contributed by atoms with E-state index in [4.69, 9.17) is 4.74 Å². The summed E-state index contributed by atoms with van der Waals surface area (Å²) in [5.41, 5.74) is 2.65. The Hall–Kier alpha value is -3.74. The van der Waals surface area contributed by atoms with Gasteiger partial charge < -0.3 is 0 Å². The molecule has 0 atom stereocenters. The van der Waals surface area contributed by atoms with Crippen LogP contribution in [0, 0.1) is 6.92 Å². The summed E-state index contributed by atoms with van der Waals surface area (Å²) in [5.74, 6) is -0.313. The molecule has 3 aromatic carbocycles. The Labute approximate surface area is 202 Å². The average molecular weight is 499 g/mol. The number of benzene rings is 3. The Morgan fingerprint density at radius 1 is 0.794 bits per heavy atom. The fraction of sp³-hybridized carbons (Fsp3) is 0.107. The summed E-state index contributed by atoms with van der Waals surface area (Å²) in [6.07, 6.45) is 3.04. The number of hydrogen-bond acceptors (Lipinski definition) is 5. The second-order valence-corrected chi connectivity index (χ2v) is 9.37. The minimum absolute atomic E-state index is 0.0727. The summed E-state index contributed by atoms with van der Waals surface area (Å²) in [6, 6.07) is 18.7. The molecule has 0 aromatic heterocycles. The van der Waals surface area contributed by atoms with Gasteiger partial charge in [-0.3, -0.25) is 4.79 Å². The number of hydrogen-bond donors (Lipinski definition) is 0. The molecular formula is C28H24CoO5. The zero-order valence-corrected chi connectivity index (χ0v) is 19.7. The zero-order valence-electron chi connectivity index (χ0n) is 18.7. The van der Waals surface area contributed by atoms with Gasteiger partial charge in [0.2, 0.25) is 0 Å².